The number of piperidine rings is 1. The lowest BCUT2D eigenvalue weighted by Gasteiger charge is -2.31. The average molecular weight is 378 g/mol. The summed E-state index contributed by atoms with van der Waals surface area (Å²) in [5.74, 6) is -0.755. The summed E-state index contributed by atoms with van der Waals surface area (Å²) in [5, 5.41) is 0. The molecule has 0 unspecified atom stereocenters. The molecule has 0 aliphatic carbocycles. The van der Waals surface area contributed by atoms with Crippen LogP contribution in [0.3, 0.4) is 0 Å². The van der Waals surface area contributed by atoms with E-state index >= 15 is 0 Å². The second kappa shape index (κ2) is 5.72. The number of halogens is 2. The van der Waals surface area contributed by atoms with Crippen LogP contribution in [0.25, 0.3) is 0 Å². The second-order valence-corrected chi connectivity index (χ2v) is 5.32. The Morgan fingerprint density at radius 3 is 2.89 bits per heavy atom. The van der Waals surface area contributed by atoms with E-state index in [2.05, 4.69) is 0 Å². The first-order valence-electron chi connectivity index (χ1n) is 5.71. The number of carbonyl (C=O) groups excluding carboxylic acids is 2. The molecule has 5 nitrogen and oxygen atoms in total. The van der Waals surface area contributed by atoms with Crippen LogP contribution in [0.2, 0.25) is 0 Å². The van der Waals surface area contributed by atoms with Crippen LogP contribution in [0.4, 0.5) is 14.9 Å². The van der Waals surface area contributed by atoms with Gasteiger partial charge in [-0.15, -0.1) is 0 Å². The van der Waals surface area contributed by atoms with Crippen LogP contribution in [0, 0.1) is 9.39 Å². The highest BCUT2D eigenvalue weighted by Crippen LogP contribution is 2.25. The van der Waals surface area contributed by atoms with Gasteiger partial charge in [0.25, 0.3) is 5.91 Å². The molecule has 19 heavy (non-hydrogen) atoms. The summed E-state index contributed by atoms with van der Waals surface area (Å²) >= 11 is 1.87. The van der Waals surface area contributed by atoms with Crippen LogP contribution in [-0.2, 0) is 9.53 Å². The highest BCUT2D eigenvalue weighted by molar-refractivity contribution is 14.1. The number of anilines is 1. The van der Waals surface area contributed by atoms with E-state index in [4.69, 9.17) is 10.5 Å². The summed E-state index contributed by atoms with van der Waals surface area (Å²) in [6.07, 6.45) is -0.759. The molecule has 1 aromatic carbocycles. The lowest BCUT2D eigenvalue weighted by atomic mass is 10.1. The third kappa shape index (κ3) is 3.14. The van der Waals surface area contributed by atoms with Crippen LogP contribution >= 0.6 is 22.6 Å². The number of primary amides is 1. The van der Waals surface area contributed by atoms with Crippen LogP contribution < -0.4 is 10.6 Å². The van der Waals surface area contributed by atoms with E-state index in [-0.39, 0.29) is 11.7 Å². The van der Waals surface area contributed by atoms with Crippen molar-refractivity contribution in [1.29, 1.82) is 0 Å². The van der Waals surface area contributed by atoms with E-state index in [1.807, 2.05) is 22.6 Å². The summed E-state index contributed by atoms with van der Waals surface area (Å²) in [6.45, 7) is 0.470. The molecule has 0 radical (unpaired) electrons. The maximum absolute atomic E-state index is 13.5. The first-order chi connectivity index (χ1) is 8.99. The predicted molar refractivity (Wildman–Crippen MR) is 75.2 cm³/mol. The maximum Gasteiger partial charge on any atom is 0.405 e. The van der Waals surface area contributed by atoms with E-state index in [1.54, 1.807) is 12.1 Å². The molecule has 0 aromatic heterocycles. The Morgan fingerprint density at radius 2 is 2.26 bits per heavy atom. The zero-order valence-corrected chi connectivity index (χ0v) is 12.1. The molecule has 0 spiro atoms. The molecule has 1 saturated heterocycles. The Kier molecular flexibility index (Phi) is 4.23. The number of hydrogen-bond acceptors (Lipinski definition) is 3. The molecule has 7 heteroatoms. The predicted octanol–water partition coefficient (Wildman–Crippen LogP) is 2.02. The molecule has 2 rings (SSSR count). The zero-order chi connectivity index (χ0) is 14.0. The smallest absolute Gasteiger partial charge is 0.405 e. The van der Waals surface area contributed by atoms with Gasteiger partial charge in [0.05, 0.1) is 0 Å². The van der Waals surface area contributed by atoms with Crippen molar-refractivity contribution in [2.75, 3.05) is 11.4 Å². The Balaban J connectivity index is 2.21. The Labute approximate surface area is 123 Å². The molecule has 2 N–H and O–H groups in total. The van der Waals surface area contributed by atoms with Crippen LogP contribution in [0.1, 0.15) is 12.8 Å². The monoisotopic (exact) mass is 378 g/mol. The molecular weight excluding hydrogens is 366 g/mol. The molecule has 1 fully saturated rings. The van der Waals surface area contributed by atoms with Gasteiger partial charge in [0.2, 0.25) is 0 Å². The summed E-state index contributed by atoms with van der Waals surface area (Å²) in [7, 11) is 0. The van der Waals surface area contributed by atoms with Gasteiger partial charge in [-0.25, -0.2) is 9.18 Å². The van der Waals surface area contributed by atoms with Gasteiger partial charge in [-0.1, -0.05) is 0 Å². The topological polar surface area (TPSA) is 72.6 Å². The number of amides is 2. The third-order valence-corrected chi connectivity index (χ3v) is 3.74. The van der Waals surface area contributed by atoms with Crippen molar-refractivity contribution in [3.63, 3.8) is 0 Å². The quantitative estimate of drug-likeness (QED) is 0.801. The molecule has 2 amide bonds. The number of nitrogens with two attached hydrogens (primary N) is 1. The molecule has 102 valence electrons. The minimum Gasteiger partial charge on any atom is -0.436 e. The van der Waals surface area contributed by atoms with Crippen LogP contribution in [0.15, 0.2) is 18.2 Å². The Hall–Kier alpha value is -1.38. The molecule has 1 heterocycles. The number of benzene rings is 1. The lowest BCUT2D eigenvalue weighted by Crippen LogP contribution is -2.46. The van der Waals surface area contributed by atoms with Crippen molar-refractivity contribution < 1.29 is 18.7 Å². The van der Waals surface area contributed by atoms with Gasteiger partial charge in [-0.05, 0) is 53.6 Å². The van der Waals surface area contributed by atoms with Crippen LogP contribution in [-0.4, -0.2) is 24.6 Å². The van der Waals surface area contributed by atoms with Gasteiger partial charge < -0.3 is 15.4 Å². The summed E-state index contributed by atoms with van der Waals surface area (Å²) in [4.78, 5) is 24.3. The largest absolute Gasteiger partial charge is 0.436 e. The van der Waals surface area contributed by atoms with Crippen molar-refractivity contribution in [3.05, 3.63) is 27.6 Å². The number of rotatable bonds is 2. The van der Waals surface area contributed by atoms with E-state index in [0.29, 0.717) is 28.6 Å². The summed E-state index contributed by atoms with van der Waals surface area (Å²) in [6, 6.07) is 4.55. The fraction of sp³-hybridized carbons (Fsp3) is 0.333. The van der Waals surface area contributed by atoms with E-state index < -0.39 is 12.2 Å². The van der Waals surface area contributed by atoms with Crippen molar-refractivity contribution in [2.24, 2.45) is 5.73 Å². The van der Waals surface area contributed by atoms with Gasteiger partial charge in [-0.3, -0.25) is 4.79 Å². The van der Waals surface area contributed by atoms with Crippen LogP contribution in [0.5, 0.6) is 0 Å². The molecule has 1 aliphatic rings. The van der Waals surface area contributed by atoms with Crippen molar-refractivity contribution in [3.8, 4) is 0 Å². The second-order valence-electron chi connectivity index (χ2n) is 4.16. The molecule has 1 aliphatic heterocycles. The number of carbonyl (C=O) groups is 2. The van der Waals surface area contributed by atoms with E-state index in [0.717, 1.165) is 0 Å². The SMILES string of the molecule is NC(=O)O[C@@H]1CCCN(c2ccc(I)c(F)c2)C1=O. The summed E-state index contributed by atoms with van der Waals surface area (Å²) in [5.41, 5.74) is 5.38. The van der Waals surface area contributed by atoms with Crippen molar-refractivity contribution in [2.45, 2.75) is 18.9 Å². The van der Waals surface area contributed by atoms with Gasteiger partial charge in [0.1, 0.15) is 5.82 Å². The van der Waals surface area contributed by atoms with Gasteiger partial charge >= 0.3 is 6.09 Å². The standard InChI is InChI=1S/C12H12FIN2O3/c13-8-6-7(3-4-9(8)14)16-5-1-2-10(11(16)17)19-12(15)18/h3-4,6,10H,1-2,5H2,(H2,15,18)/t10-/m1/s1. The lowest BCUT2D eigenvalue weighted by molar-refractivity contribution is -0.128. The molecule has 0 bridgehead atoms. The number of hydrogen-bond donors (Lipinski definition) is 1. The Morgan fingerprint density at radius 1 is 1.53 bits per heavy atom. The van der Waals surface area contributed by atoms with Gasteiger partial charge in [0.15, 0.2) is 6.10 Å². The average Bonchev–Trinajstić information content (AvgIpc) is 2.35. The first kappa shape index (κ1) is 14.0. The fourth-order valence-corrected chi connectivity index (χ4v) is 2.34. The Bertz CT molecular complexity index is 524. The fourth-order valence-electron chi connectivity index (χ4n) is 2.00. The van der Waals surface area contributed by atoms with Gasteiger partial charge in [-0.2, -0.15) is 0 Å². The molecule has 1 aromatic rings. The normalized spacial score (nSPS) is 19.4. The van der Waals surface area contributed by atoms with Gasteiger partial charge in [0, 0.05) is 15.8 Å². The minimum absolute atomic E-state index is 0.370. The molecular formula is C12H12FIN2O3. The highest BCUT2D eigenvalue weighted by Gasteiger charge is 2.32. The highest BCUT2D eigenvalue weighted by atomic mass is 127. The number of nitrogens with zero attached hydrogens (tertiary/aromatic N) is 1. The maximum atomic E-state index is 13.5. The van der Waals surface area contributed by atoms with Crippen molar-refractivity contribution in [1.82, 2.24) is 0 Å². The first-order valence-corrected chi connectivity index (χ1v) is 6.79. The van der Waals surface area contributed by atoms with E-state index in [1.165, 1.54) is 11.0 Å². The number of ether oxygens (including phenoxy) is 1. The minimum atomic E-state index is -0.978. The summed E-state index contributed by atoms with van der Waals surface area (Å²) < 4.78 is 18.8. The molecule has 0 saturated carbocycles. The van der Waals surface area contributed by atoms with Crippen molar-refractivity contribution >= 4 is 40.3 Å². The van der Waals surface area contributed by atoms with E-state index in [9.17, 15) is 14.0 Å². The zero-order valence-electron chi connectivity index (χ0n) is 9.94. The third-order valence-electron chi connectivity index (χ3n) is 2.86. The molecule has 1 atom stereocenters.